The summed E-state index contributed by atoms with van der Waals surface area (Å²) in [5.74, 6) is 2.15. The monoisotopic (exact) mass is 241 g/mol. The van der Waals surface area contributed by atoms with Crippen LogP contribution in [0.1, 0.15) is 10.4 Å². The number of hydrogen-bond acceptors (Lipinski definition) is 1. The predicted molar refractivity (Wildman–Crippen MR) is 62.3 cm³/mol. The van der Waals surface area contributed by atoms with Crippen LogP contribution in [0.15, 0.2) is 18.2 Å². The summed E-state index contributed by atoms with van der Waals surface area (Å²) in [7, 11) is 1.61. The SMILES string of the molecule is C#CCN(C)C(=O)c1cc(Cl)ccc1Cl. The summed E-state index contributed by atoms with van der Waals surface area (Å²) in [4.78, 5) is 13.2. The molecule has 1 rings (SSSR count). The zero-order chi connectivity index (χ0) is 11.4. The van der Waals surface area contributed by atoms with Gasteiger partial charge in [-0.2, -0.15) is 0 Å². The van der Waals surface area contributed by atoms with Crippen LogP contribution >= 0.6 is 23.2 Å². The van der Waals surface area contributed by atoms with E-state index in [1.165, 1.54) is 11.0 Å². The molecule has 0 aliphatic rings. The molecule has 2 nitrogen and oxygen atoms in total. The molecule has 0 aliphatic carbocycles. The number of halogens is 2. The Morgan fingerprint density at radius 3 is 2.80 bits per heavy atom. The lowest BCUT2D eigenvalue weighted by Gasteiger charge is -2.14. The molecule has 0 N–H and O–H groups in total. The van der Waals surface area contributed by atoms with E-state index in [0.29, 0.717) is 15.6 Å². The number of rotatable bonds is 2. The van der Waals surface area contributed by atoms with Gasteiger partial charge in [0.25, 0.3) is 5.91 Å². The maximum atomic E-state index is 11.8. The van der Waals surface area contributed by atoms with Gasteiger partial charge in [0.1, 0.15) is 0 Å². The van der Waals surface area contributed by atoms with E-state index in [1.54, 1.807) is 19.2 Å². The van der Waals surface area contributed by atoms with Crippen LogP contribution in [-0.2, 0) is 0 Å². The lowest BCUT2D eigenvalue weighted by Crippen LogP contribution is -2.27. The van der Waals surface area contributed by atoms with E-state index < -0.39 is 0 Å². The second-order valence-corrected chi connectivity index (χ2v) is 3.83. The van der Waals surface area contributed by atoms with Crippen LogP contribution in [-0.4, -0.2) is 24.4 Å². The molecule has 0 aliphatic heterocycles. The molecule has 78 valence electrons. The van der Waals surface area contributed by atoms with Gasteiger partial charge < -0.3 is 4.90 Å². The molecule has 4 heteroatoms. The molecule has 1 aromatic rings. The summed E-state index contributed by atoms with van der Waals surface area (Å²) in [6.07, 6.45) is 5.11. The molecule has 0 fully saturated rings. The normalized spacial score (nSPS) is 9.47. The largest absolute Gasteiger partial charge is 0.331 e. The van der Waals surface area contributed by atoms with E-state index in [2.05, 4.69) is 5.92 Å². The number of hydrogen-bond donors (Lipinski definition) is 0. The number of amides is 1. The minimum Gasteiger partial charge on any atom is -0.331 e. The Morgan fingerprint density at radius 1 is 1.53 bits per heavy atom. The van der Waals surface area contributed by atoms with Gasteiger partial charge in [0.2, 0.25) is 0 Å². The Hall–Kier alpha value is -1.17. The molecule has 0 aromatic heterocycles. The Labute approximate surface area is 98.8 Å². The Morgan fingerprint density at radius 2 is 2.20 bits per heavy atom. The van der Waals surface area contributed by atoms with Crippen LogP contribution in [0.5, 0.6) is 0 Å². The molecule has 0 saturated carbocycles. The average molecular weight is 242 g/mol. The highest BCUT2D eigenvalue weighted by Gasteiger charge is 2.14. The lowest BCUT2D eigenvalue weighted by molar-refractivity contribution is 0.0813. The Kier molecular flexibility index (Phi) is 4.02. The predicted octanol–water partition coefficient (Wildman–Crippen LogP) is 2.70. The molecule has 1 aromatic carbocycles. The molecule has 0 saturated heterocycles. The second-order valence-electron chi connectivity index (χ2n) is 2.99. The van der Waals surface area contributed by atoms with Crippen LogP contribution in [0.25, 0.3) is 0 Å². The van der Waals surface area contributed by atoms with Gasteiger partial charge in [0, 0.05) is 12.1 Å². The van der Waals surface area contributed by atoms with Gasteiger partial charge in [-0.25, -0.2) is 0 Å². The number of carbonyl (C=O) groups is 1. The van der Waals surface area contributed by atoms with Crippen molar-refractivity contribution in [1.82, 2.24) is 4.90 Å². The maximum absolute atomic E-state index is 11.8. The standard InChI is InChI=1S/C11H9Cl2NO/c1-3-6-14(2)11(15)9-7-8(12)4-5-10(9)13/h1,4-5,7H,6H2,2H3. The van der Waals surface area contributed by atoms with Crippen LogP contribution in [0, 0.1) is 12.3 Å². The quantitative estimate of drug-likeness (QED) is 0.730. The molecular weight excluding hydrogens is 233 g/mol. The summed E-state index contributed by atoms with van der Waals surface area (Å²) in [5.41, 5.74) is 0.363. The number of terminal acetylenes is 1. The molecule has 0 heterocycles. The average Bonchev–Trinajstić information content (AvgIpc) is 2.21. The van der Waals surface area contributed by atoms with Crippen LogP contribution in [0.4, 0.5) is 0 Å². The van der Waals surface area contributed by atoms with Gasteiger partial charge in [-0.1, -0.05) is 29.1 Å². The summed E-state index contributed by atoms with van der Waals surface area (Å²) in [5, 5.41) is 0.838. The van der Waals surface area contributed by atoms with Crippen LogP contribution in [0.2, 0.25) is 10.0 Å². The van der Waals surface area contributed by atoms with E-state index in [4.69, 9.17) is 29.6 Å². The van der Waals surface area contributed by atoms with E-state index in [9.17, 15) is 4.79 Å². The zero-order valence-corrected chi connectivity index (χ0v) is 9.64. The van der Waals surface area contributed by atoms with Gasteiger partial charge in [-0.15, -0.1) is 6.42 Å². The van der Waals surface area contributed by atoms with Crippen LogP contribution in [0.3, 0.4) is 0 Å². The van der Waals surface area contributed by atoms with Gasteiger partial charge in [-0.3, -0.25) is 4.79 Å². The van der Waals surface area contributed by atoms with E-state index in [1.807, 2.05) is 0 Å². The van der Waals surface area contributed by atoms with Crippen molar-refractivity contribution in [1.29, 1.82) is 0 Å². The van der Waals surface area contributed by atoms with Crippen molar-refractivity contribution < 1.29 is 4.79 Å². The van der Waals surface area contributed by atoms with Crippen molar-refractivity contribution in [2.24, 2.45) is 0 Å². The first-order valence-electron chi connectivity index (χ1n) is 4.20. The van der Waals surface area contributed by atoms with Crippen molar-refractivity contribution in [3.05, 3.63) is 33.8 Å². The molecular formula is C11H9Cl2NO. The fourth-order valence-corrected chi connectivity index (χ4v) is 1.45. The number of benzene rings is 1. The highest BCUT2D eigenvalue weighted by atomic mass is 35.5. The molecule has 0 bridgehead atoms. The summed E-state index contributed by atoms with van der Waals surface area (Å²) < 4.78 is 0. The Balaban J connectivity index is 3.01. The van der Waals surface area contributed by atoms with E-state index in [0.717, 1.165) is 0 Å². The first-order valence-corrected chi connectivity index (χ1v) is 4.96. The molecule has 0 spiro atoms. The third-order valence-electron chi connectivity index (χ3n) is 1.83. The zero-order valence-electron chi connectivity index (χ0n) is 8.13. The van der Waals surface area contributed by atoms with Gasteiger partial charge >= 0.3 is 0 Å². The summed E-state index contributed by atoms with van der Waals surface area (Å²) >= 11 is 11.7. The van der Waals surface area contributed by atoms with E-state index in [-0.39, 0.29) is 12.5 Å². The summed E-state index contributed by atoms with van der Waals surface area (Å²) in [6.45, 7) is 0.238. The maximum Gasteiger partial charge on any atom is 0.255 e. The van der Waals surface area contributed by atoms with Crippen molar-refractivity contribution in [2.45, 2.75) is 0 Å². The van der Waals surface area contributed by atoms with Crippen LogP contribution < -0.4 is 0 Å². The van der Waals surface area contributed by atoms with Gasteiger partial charge in [0.15, 0.2) is 0 Å². The molecule has 15 heavy (non-hydrogen) atoms. The second kappa shape index (κ2) is 5.06. The summed E-state index contributed by atoms with van der Waals surface area (Å²) in [6, 6.07) is 4.74. The number of carbonyl (C=O) groups excluding carboxylic acids is 1. The molecule has 0 unspecified atom stereocenters. The first-order chi connectivity index (χ1) is 7.06. The molecule has 0 atom stereocenters. The van der Waals surface area contributed by atoms with E-state index >= 15 is 0 Å². The fraction of sp³-hybridized carbons (Fsp3) is 0.182. The number of nitrogens with zero attached hydrogens (tertiary/aromatic N) is 1. The van der Waals surface area contributed by atoms with Gasteiger partial charge in [-0.05, 0) is 18.2 Å². The third-order valence-corrected chi connectivity index (χ3v) is 2.40. The third kappa shape index (κ3) is 2.89. The van der Waals surface area contributed by atoms with Gasteiger partial charge in [0.05, 0.1) is 17.1 Å². The highest BCUT2D eigenvalue weighted by Crippen LogP contribution is 2.21. The molecule has 0 radical (unpaired) electrons. The fourth-order valence-electron chi connectivity index (χ4n) is 1.08. The van der Waals surface area contributed by atoms with Crippen molar-refractivity contribution >= 4 is 29.1 Å². The Bertz CT molecular complexity index is 423. The minimum absolute atomic E-state index is 0.236. The minimum atomic E-state index is -0.236. The topological polar surface area (TPSA) is 20.3 Å². The van der Waals surface area contributed by atoms with Crippen molar-refractivity contribution in [2.75, 3.05) is 13.6 Å². The first kappa shape index (κ1) is 11.9. The van der Waals surface area contributed by atoms with Crippen molar-refractivity contribution in [3.63, 3.8) is 0 Å². The smallest absolute Gasteiger partial charge is 0.255 e. The van der Waals surface area contributed by atoms with Crippen molar-refractivity contribution in [3.8, 4) is 12.3 Å². The lowest BCUT2D eigenvalue weighted by atomic mass is 10.2. The highest BCUT2D eigenvalue weighted by molar-refractivity contribution is 6.35. The molecule has 1 amide bonds.